The number of carbonyl (C=O) groups is 1. The third kappa shape index (κ3) is 2.60. The first kappa shape index (κ1) is 9.74. The van der Waals surface area contributed by atoms with Gasteiger partial charge in [0.05, 0.1) is 3.79 Å². The SMILES string of the molecule is CC(=O)N(C)Cc1csc(Br)c1. The quantitative estimate of drug-likeness (QED) is 0.787. The molecule has 0 bridgehead atoms. The zero-order valence-corrected chi connectivity index (χ0v) is 9.41. The lowest BCUT2D eigenvalue weighted by atomic mass is 10.3. The second-order valence-corrected chi connectivity index (χ2v) is 4.92. The highest BCUT2D eigenvalue weighted by Gasteiger charge is 2.04. The van der Waals surface area contributed by atoms with E-state index in [1.54, 1.807) is 30.2 Å². The Bertz CT molecular complexity index is 284. The number of thiophene rings is 1. The minimum Gasteiger partial charge on any atom is -0.342 e. The number of amides is 1. The summed E-state index contributed by atoms with van der Waals surface area (Å²) in [5.74, 6) is 0.0947. The zero-order valence-electron chi connectivity index (χ0n) is 7.00. The molecule has 0 aliphatic heterocycles. The van der Waals surface area contributed by atoms with Crippen molar-refractivity contribution in [3.05, 3.63) is 20.8 Å². The van der Waals surface area contributed by atoms with Crippen molar-refractivity contribution in [2.24, 2.45) is 0 Å². The van der Waals surface area contributed by atoms with Crippen LogP contribution in [0.25, 0.3) is 0 Å². The Hall–Kier alpha value is -0.350. The van der Waals surface area contributed by atoms with E-state index in [-0.39, 0.29) is 5.91 Å². The van der Waals surface area contributed by atoms with Crippen LogP contribution in [0.3, 0.4) is 0 Å². The van der Waals surface area contributed by atoms with Crippen molar-refractivity contribution in [3.8, 4) is 0 Å². The number of carbonyl (C=O) groups excluding carboxylic acids is 1. The van der Waals surface area contributed by atoms with Gasteiger partial charge >= 0.3 is 0 Å². The predicted molar refractivity (Wildman–Crippen MR) is 54.2 cm³/mol. The fraction of sp³-hybridized carbons (Fsp3) is 0.375. The molecule has 0 N–H and O–H groups in total. The number of rotatable bonds is 2. The molecule has 1 aromatic heterocycles. The van der Waals surface area contributed by atoms with Gasteiger partial charge in [-0.1, -0.05) is 0 Å². The average Bonchev–Trinajstić information content (AvgIpc) is 2.35. The van der Waals surface area contributed by atoms with Gasteiger partial charge in [-0.25, -0.2) is 0 Å². The summed E-state index contributed by atoms with van der Waals surface area (Å²) in [6, 6.07) is 2.03. The Labute approximate surface area is 84.3 Å². The van der Waals surface area contributed by atoms with Crippen LogP contribution in [0.4, 0.5) is 0 Å². The first-order valence-corrected chi connectivity index (χ1v) is 5.21. The smallest absolute Gasteiger partial charge is 0.219 e. The first-order valence-electron chi connectivity index (χ1n) is 3.54. The summed E-state index contributed by atoms with van der Waals surface area (Å²) < 4.78 is 1.11. The van der Waals surface area contributed by atoms with Gasteiger partial charge in [-0.15, -0.1) is 11.3 Å². The van der Waals surface area contributed by atoms with Crippen LogP contribution in [0.1, 0.15) is 12.5 Å². The van der Waals surface area contributed by atoms with E-state index in [1.165, 1.54) is 5.56 Å². The molecule has 0 saturated carbocycles. The molecule has 4 heteroatoms. The number of nitrogens with zero attached hydrogens (tertiary/aromatic N) is 1. The van der Waals surface area contributed by atoms with Crippen molar-refractivity contribution in [1.29, 1.82) is 0 Å². The van der Waals surface area contributed by atoms with Crippen LogP contribution < -0.4 is 0 Å². The maximum absolute atomic E-state index is 10.9. The van der Waals surface area contributed by atoms with Gasteiger partial charge < -0.3 is 4.90 Å². The lowest BCUT2D eigenvalue weighted by molar-refractivity contribution is -0.128. The number of halogens is 1. The third-order valence-corrected chi connectivity index (χ3v) is 3.13. The van der Waals surface area contributed by atoms with Crippen LogP contribution in [0.15, 0.2) is 15.2 Å². The minimum atomic E-state index is 0.0947. The molecule has 0 aliphatic rings. The molecular weight excluding hydrogens is 238 g/mol. The Morgan fingerprint density at radius 2 is 2.42 bits per heavy atom. The second-order valence-electron chi connectivity index (χ2n) is 2.63. The Kier molecular flexibility index (Phi) is 3.29. The molecule has 1 amide bonds. The molecule has 0 atom stereocenters. The highest BCUT2D eigenvalue weighted by atomic mass is 79.9. The molecule has 0 spiro atoms. The second kappa shape index (κ2) is 4.05. The predicted octanol–water partition coefficient (Wildman–Crippen LogP) is 2.49. The molecule has 1 rings (SSSR count). The normalized spacial score (nSPS) is 9.92. The largest absolute Gasteiger partial charge is 0.342 e. The summed E-state index contributed by atoms with van der Waals surface area (Å²) >= 11 is 5.01. The third-order valence-electron chi connectivity index (χ3n) is 1.58. The first-order chi connectivity index (χ1) is 5.59. The van der Waals surface area contributed by atoms with Gasteiger partial charge in [0.15, 0.2) is 0 Å². The molecule has 0 radical (unpaired) electrons. The van der Waals surface area contributed by atoms with Gasteiger partial charge in [-0.3, -0.25) is 4.79 Å². The summed E-state index contributed by atoms with van der Waals surface area (Å²) in [4.78, 5) is 12.6. The van der Waals surface area contributed by atoms with E-state index >= 15 is 0 Å². The van der Waals surface area contributed by atoms with Crippen LogP contribution in [0.5, 0.6) is 0 Å². The molecule has 1 aromatic rings. The Morgan fingerprint density at radius 3 is 2.83 bits per heavy atom. The summed E-state index contributed by atoms with van der Waals surface area (Å²) in [6.07, 6.45) is 0. The molecule has 1 heterocycles. The highest BCUT2D eigenvalue weighted by molar-refractivity contribution is 9.11. The van der Waals surface area contributed by atoms with Crippen molar-refractivity contribution in [2.75, 3.05) is 7.05 Å². The fourth-order valence-electron chi connectivity index (χ4n) is 0.814. The van der Waals surface area contributed by atoms with Crippen LogP contribution in [0, 0.1) is 0 Å². The van der Waals surface area contributed by atoms with E-state index in [1.807, 2.05) is 11.4 Å². The molecule has 66 valence electrons. The minimum absolute atomic E-state index is 0.0947. The highest BCUT2D eigenvalue weighted by Crippen LogP contribution is 2.21. The molecule has 0 aromatic carbocycles. The molecule has 0 saturated heterocycles. The lowest BCUT2D eigenvalue weighted by Crippen LogP contribution is -2.22. The van der Waals surface area contributed by atoms with E-state index in [0.29, 0.717) is 6.54 Å². The molecule has 0 fully saturated rings. The molecular formula is C8H10BrNOS. The molecule has 12 heavy (non-hydrogen) atoms. The van der Waals surface area contributed by atoms with Crippen LogP contribution >= 0.6 is 27.3 Å². The topological polar surface area (TPSA) is 20.3 Å². The van der Waals surface area contributed by atoms with Crippen LogP contribution in [-0.2, 0) is 11.3 Å². The van der Waals surface area contributed by atoms with Crippen LogP contribution in [-0.4, -0.2) is 17.9 Å². The lowest BCUT2D eigenvalue weighted by Gasteiger charge is -2.12. The number of hydrogen-bond donors (Lipinski definition) is 0. The maximum atomic E-state index is 10.9. The van der Waals surface area contributed by atoms with Crippen molar-refractivity contribution in [2.45, 2.75) is 13.5 Å². The fourth-order valence-corrected chi connectivity index (χ4v) is 2.01. The molecule has 2 nitrogen and oxygen atoms in total. The summed E-state index contributed by atoms with van der Waals surface area (Å²) in [7, 11) is 1.80. The van der Waals surface area contributed by atoms with Gasteiger partial charge in [0.25, 0.3) is 0 Å². The van der Waals surface area contributed by atoms with E-state index in [2.05, 4.69) is 15.9 Å². The standard InChI is InChI=1S/C8H10BrNOS/c1-6(11)10(2)4-7-3-8(9)12-5-7/h3,5H,4H2,1-2H3. The van der Waals surface area contributed by atoms with Gasteiger partial charge in [0, 0.05) is 20.5 Å². The van der Waals surface area contributed by atoms with E-state index in [4.69, 9.17) is 0 Å². The van der Waals surface area contributed by atoms with E-state index in [0.717, 1.165) is 3.79 Å². The summed E-state index contributed by atoms with van der Waals surface area (Å²) in [5.41, 5.74) is 1.17. The zero-order chi connectivity index (χ0) is 9.14. The van der Waals surface area contributed by atoms with Crippen molar-refractivity contribution in [3.63, 3.8) is 0 Å². The van der Waals surface area contributed by atoms with E-state index in [9.17, 15) is 4.79 Å². The Balaban J connectivity index is 2.58. The van der Waals surface area contributed by atoms with Gasteiger partial charge in [-0.05, 0) is 32.9 Å². The van der Waals surface area contributed by atoms with E-state index < -0.39 is 0 Å². The van der Waals surface area contributed by atoms with Crippen molar-refractivity contribution < 1.29 is 4.79 Å². The Morgan fingerprint density at radius 1 is 1.75 bits per heavy atom. The monoisotopic (exact) mass is 247 g/mol. The molecule has 0 unspecified atom stereocenters. The van der Waals surface area contributed by atoms with Gasteiger partial charge in [0.1, 0.15) is 0 Å². The van der Waals surface area contributed by atoms with Crippen molar-refractivity contribution in [1.82, 2.24) is 4.90 Å². The average molecular weight is 248 g/mol. The number of hydrogen-bond acceptors (Lipinski definition) is 2. The summed E-state index contributed by atoms with van der Waals surface area (Å²) in [6.45, 7) is 2.26. The van der Waals surface area contributed by atoms with Gasteiger partial charge in [-0.2, -0.15) is 0 Å². The van der Waals surface area contributed by atoms with Crippen molar-refractivity contribution >= 4 is 33.2 Å². The van der Waals surface area contributed by atoms with Crippen LogP contribution in [0.2, 0.25) is 0 Å². The van der Waals surface area contributed by atoms with Gasteiger partial charge in [0.2, 0.25) is 5.91 Å². The maximum Gasteiger partial charge on any atom is 0.219 e. The molecule has 0 aliphatic carbocycles. The summed E-state index contributed by atoms with van der Waals surface area (Å²) in [5, 5.41) is 2.05.